The van der Waals surface area contributed by atoms with E-state index in [0.717, 1.165) is 6.07 Å². The van der Waals surface area contributed by atoms with Crippen molar-refractivity contribution in [2.75, 3.05) is 6.54 Å². The monoisotopic (exact) mass is 328 g/mol. The van der Waals surface area contributed by atoms with Gasteiger partial charge < -0.3 is 10.4 Å². The molecular formula is C14H11Cl2FN2O2. The second-order valence-corrected chi connectivity index (χ2v) is 5.06. The normalized spacial score (nSPS) is 12.0. The summed E-state index contributed by atoms with van der Waals surface area (Å²) >= 11 is 11.2. The van der Waals surface area contributed by atoms with Gasteiger partial charge in [0, 0.05) is 18.3 Å². The van der Waals surface area contributed by atoms with Crippen molar-refractivity contribution in [1.29, 1.82) is 0 Å². The molecule has 0 aliphatic rings. The van der Waals surface area contributed by atoms with E-state index in [1.54, 1.807) is 0 Å². The van der Waals surface area contributed by atoms with Gasteiger partial charge in [0.1, 0.15) is 11.0 Å². The van der Waals surface area contributed by atoms with Gasteiger partial charge in [0.05, 0.1) is 11.1 Å². The summed E-state index contributed by atoms with van der Waals surface area (Å²) < 4.78 is 13.3. The van der Waals surface area contributed by atoms with Crippen LogP contribution in [0.15, 0.2) is 36.5 Å². The summed E-state index contributed by atoms with van der Waals surface area (Å²) in [5.74, 6) is -1.03. The van der Waals surface area contributed by atoms with Crippen LogP contribution in [0, 0.1) is 5.82 Å². The van der Waals surface area contributed by atoms with E-state index in [4.69, 9.17) is 23.2 Å². The van der Waals surface area contributed by atoms with Gasteiger partial charge in [0.15, 0.2) is 0 Å². The largest absolute Gasteiger partial charge is 0.387 e. The number of rotatable bonds is 4. The third kappa shape index (κ3) is 4.14. The van der Waals surface area contributed by atoms with E-state index in [1.807, 2.05) is 0 Å². The first-order valence-corrected chi connectivity index (χ1v) is 6.75. The number of aliphatic hydroxyl groups is 1. The molecule has 1 aromatic heterocycles. The molecule has 0 radical (unpaired) electrons. The lowest BCUT2D eigenvalue weighted by Crippen LogP contribution is -2.28. The van der Waals surface area contributed by atoms with E-state index in [1.165, 1.54) is 30.5 Å². The SMILES string of the molecule is O=C(NCC(O)c1ccc(Cl)c(F)c1)c1ccnc(Cl)c1. The Morgan fingerprint density at radius 2 is 2.10 bits per heavy atom. The molecule has 1 atom stereocenters. The molecule has 0 fully saturated rings. The number of benzene rings is 1. The van der Waals surface area contributed by atoms with E-state index in [0.29, 0.717) is 11.1 Å². The molecule has 1 heterocycles. The standard InChI is InChI=1S/C14H11Cl2FN2O2/c15-10-2-1-8(5-11(10)17)12(20)7-19-14(21)9-3-4-18-13(16)6-9/h1-6,12,20H,7H2,(H,19,21). The van der Waals surface area contributed by atoms with E-state index in [-0.39, 0.29) is 16.7 Å². The van der Waals surface area contributed by atoms with Gasteiger partial charge in [0.25, 0.3) is 5.91 Å². The summed E-state index contributed by atoms with van der Waals surface area (Å²) in [7, 11) is 0. The Hall–Kier alpha value is -1.69. The zero-order valence-corrected chi connectivity index (χ0v) is 12.2. The van der Waals surface area contributed by atoms with Gasteiger partial charge in [-0.05, 0) is 29.8 Å². The fraction of sp³-hybridized carbons (Fsp3) is 0.143. The van der Waals surface area contributed by atoms with Gasteiger partial charge in [-0.15, -0.1) is 0 Å². The van der Waals surface area contributed by atoms with Gasteiger partial charge in [-0.3, -0.25) is 4.79 Å². The minimum atomic E-state index is -1.04. The summed E-state index contributed by atoms with van der Waals surface area (Å²) in [6.45, 7) is -0.0696. The van der Waals surface area contributed by atoms with Crippen molar-refractivity contribution in [1.82, 2.24) is 10.3 Å². The minimum absolute atomic E-state index is 0.0265. The quantitative estimate of drug-likeness (QED) is 0.848. The van der Waals surface area contributed by atoms with Crippen LogP contribution in [0.5, 0.6) is 0 Å². The highest BCUT2D eigenvalue weighted by Gasteiger charge is 2.13. The second kappa shape index (κ2) is 6.85. The van der Waals surface area contributed by atoms with Gasteiger partial charge in [-0.1, -0.05) is 29.3 Å². The van der Waals surface area contributed by atoms with Crippen LogP contribution in [0.1, 0.15) is 22.0 Å². The summed E-state index contributed by atoms with van der Waals surface area (Å²) in [5.41, 5.74) is 0.648. The van der Waals surface area contributed by atoms with Gasteiger partial charge >= 0.3 is 0 Å². The van der Waals surface area contributed by atoms with Crippen LogP contribution in [0.3, 0.4) is 0 Å². The Bertz CT molecular complexity index is 667. The van der Waals surface area contributed by atoms with E-state index in [2.05, 4.69) is 10.3 Å². The molecule has 1 aromatic carbocycles. The van der Waals surface area contributed by atoms with Crippen molar-refractivity contribution < 1.29 is 14.3 Å². The number of amides is 1. The maximum absolute atomic E-state index is 13.3. The van der Waals surface area contributed by atoms with Crippen molar-refractivity contribution in [2.45, 2.75) is 6.10 Å². The first kappa shape index (κ1) is 15.7. The fourth-order valence-electron chi connectivity index (χ4n) is 1.67. The molecule has 2 aromatic rings. The fourth-order valence-corrected chi connectivity index (χ4v) is 1.96. The van der Waals surface area contributed by atoms with Crippen LogP contribution in [0.4, 0.5) is 4.39 Å². The number of nitrogens with zero attached hydrogens (tertiary/aromatic N) is 1. The Kier molecular flexibility index (Phi) is 5.12. The third-order valence-electron chi connectivity index (χ3n) is 2.77. The molecule has 0 saturated carbocycles. The number of aromatic nitrogens is 1. The maximum Gasteiger partial charge on any atom is 0.251 e. The number of carbonyl (C=O) groups excluding carboxylic acids is 1. The minimum Gasteiger partial charge on any atom is -0.387 e. The molecule has 110 valence electrons. The smallest absolute Gasteiger partial charge is 0.251 e. The molecule has 1 amide bonds. The van der Waals surface area contributed by atoms with Crippen LogP contribution in [0.25, 0.3) is 0 Å². The van der Waals surface area contributed by atoms with Crippen LogP contribution in [0.2, 0.25) is 10.2 Å². The molecule has 0 aliphatic heterocycles. The molecule has 2 rings (SSSR count). The molecule has 0 spiro atoms. The lowest BCUT2D eigenvalue weighted by atomic mass is 10.1. The highest BCUT2D eigenvalue weighted by molar-refractivity contribution is 6.30. The molecule has 0 bridgehead atoms. The van der Waals surface area contributed by atoms with Crippen LogP contribution in [-0.4, -0.2) is 22.5 Å². The van der Waals surface area contributed by atoms with E-state index in [9.17, 15) is 14.3 Å². The summed E-state index contributed by atoms with van der Waals surface area (Å²) in [6, 6.07) is 6.87. The second-order valence-electron chi connectivity index (χ2n) is 4.27. The molecule has 21 heavy (non-hydrogen) atoms. The Morgan fingerprint density at radius 3 is 2.76 bits per heavy atom. The molecule has 1 unspecified atom stereocenters. The topological polar surface area (TPSA) is 62.2 Å². The van der Waals surface area contributed by atoms with E-state index < -0.39 is 17.8 Å². The zero-order chi connectivity index (χ0) is 15.4. The van der Waals surface area contributed by atoms with Crippen molar-refractivity contribution in [3.8, 4) is 0 Å². The number of hydrogen-bond donors (Lipinski definition) is 2. The van der Waals surface area contributed by atoms with Gasteiger partial charge in [-0.25, -0.2) is 9.37 Å². The van der Waals surface area contributed by atoms with Crippen molar-refractivity contribution >= 4 is 29.1 Å². The third-order valence-corrected chi connectivity index (χ3v) is 3.29. The first-order chi connectivity index (χ1) is 9.97. The van der Waals surface area contributed by atoms with Crippen LogP contribution >= 0.6 is 23.2 Å². The van der Waals surface area contributed by atoms with Crippen molar-refractivity contribution in [2.24, 2.45) is 0 Å². The summed E-state index contributed by atoms with van der Waals surface area (Å²) in [4.78, 5) is 15.6. The summed E-state index contributed by atoms with van der Waals surface area (Å²) in [6.07, 6.45) is 0.362. The Labute approximate surface area is 130 Å². The van der Waals surface area contributed by atoms with E-state index >= 15 is 0 Å². The predicted octanol–water partition coefficient (Wildman–Crippen LogP) is 2.99. The molecule has 4 nitrogen and oxygen atoms in total. The number of nitrogens with one attached hydrogen (secondary N) is 1. The molecule has 0 saturated heterocycles. The highest BCUT2D eigenvalue weighted by Crippen LogP contribution is 2.20. The molecule has 2 N–H and O–H groups in total. The highest BCUT2D eigenvalue weighted by atomic mass is 35.5. The average molecular weight is 329 g/mol. The number of carbonyl (C=O) groups is 1. The zero-order valence-electron chi connectivity index (χ0n) is 10.7. The van der Waals surface area contributed by atoms with Gasteiger partial charge in [0.2, 0.25) is 0 Å². The van der Waals surface area contributed by atoms with Crippen molar-refractivity contribution in [3.63, 3.8) is 0 Å². The number of halogens is 3. The molecule has 7 heteroatoms. The van der Waals surface area contributed by atoms with Gasteiger partial charge in [-0.2, -0.15) is 0 Å². The summed E-state index contributed by atoms with van der Waals surface area (Å²) in [5, 5.41) is 12.6. The predicted molar refractivity (Wildman–Crippen MR) is 78.0 cm³/mol. The average Bonchev–Trinajstić information content (AvgIpc) is 2.47. The number of hydrogen-bond acceptors (Lipinski definition) is 3. The van der Waals surface area contributed by atoms with Crippen molar-refractivity contribution in [3.05, 3.63) is 63.6 Å². The number of pyridine rings is 1. The lowest BCUT2D eigenvalue weighted by molar-refractivity contribution is 0.0916. The molecular weight excluding hydrogens is 318 g/mol. The number of aliphatic hydroxyl groups excluding tert-OH is 1. The lowest BCUT2D eigenvalue weighted by Gasteiger charge is -2.12. The Morgan fingerprint density at radius 1 is 1.33 bits per heavy atom. The first-order valence-electron chi connectivity index (χ1n) is 6.00. The Balaban J connectivity index is 1.99. The van der Waals surface area contributed by atoms with Crippen LogP contribution in [-0.2, 0) is 0 Å². The molecule has 0 aliphatic carbocycles. The van der Waals surface area contributed by atoms with Crippen LogP contribution < -0.4 is 5.32 Å². The maximum atomic E-state index is 13.3.